The van der Waals surface area contributed by atoms with E-state index >= 15 is 0 Å². The lowest BCUT2D eigenvalue weighted by Crippen LogP contribution is -2.16. The highest BCUT2D eigenvalue weighted by atomic mass is 32.2. The molecule has 3 heteroatoms. The lowest BCUT2D eigenvalue weighted by Gasteiger charge is -2.27. The van der Waals surface area contributed by atoms with Crippen LogP contribution in [0.4, 0.5) is 5.69 Å². The summed E-state index contributed by atoms with van der Waals surface area (Å²) in [7, 11) is 0. The fraction of sp³-hybridized carbons (Fsp3) is 0.250. The highest BCUT2D eigenvalue weighted by Crippen LogP contribution is 2.38. The Kier molecular flexibility index (Phi) is 3.76. The highest BCUT2D eigenvalue weighted by molar-refractivity contribution is 7.99. The average Bonchev–Trinajstić information content (AvgIpc) is 2.48. The first-order valence-corrected chi connectivity index (χ1v) is 7.54. The Labute approximate surface area is 117 Å². The van der Waals surface area contributed by atoms with Crippen LogP contribution < -0.4 is 5.32 Å². The van der Waals surface area contributed by atoms with E-state index in [2.05, 4.69) is 29.6 Å². The minimum absolute atomic E-state index is 0.0757. The van der Waals surface area contributed by atoms with Gasteiger partial charge in [0.05, 0.1) is 12.6 Å². The molecule has 19 heavy (non-hydrogen) atoms. The number of aliphatic hydroxyl groups excluding tert-OH is 1. The minimum atomic E-state index is 0.0757. The van der Waals surface area contributed by atoms with Crippen LogP contribution in [0.2, 0.25) is 0 Å². The van der Waals surface area contributed by atoms with Gasteiger partial charge in [-0.3, -0.25) is 0 Å². The number of thioether (sulfide) groups is 1. The zero-order valence-corrected chi connectivity index (χ0v) is 11.5. The van der Waals surface area contributed by atoms with E-state index in [1.54, 1.807) is 0 Å². The smallest absolute Gasteiger partial charge is 0.0701 e. The Morgan fingerprint density at radius 1 is 1.11 bits per heavy atom. The van der Waals surface area contributed by atoms with Crippen molar-refractivity contribution in [1.29, 1.82) is 0 Å². The number of fused-ring (bicyclic) bond motifs is 1. The molecule has 0 spiro atoms. The zero-order valence-electron chi connectivity index (χ0n) is 10.7. The number of nitrogens with one attached hydrogen (secondary N) is 1. The second-order valence-corrected chi connectivity index (χ2v) is 5.82. The number of anilines is 1. The molecule has 2 N–H and O–H groups in total. The third-order valence-corrected chi connectivity index (χ3v) is 4.60. The number of hydrogen-bond donors (Lipinski definition) is 2. The SMILES string of the molecule is OCc1ccccc1NC1CCSc2ccccc21. The van der Waals surface area contributed by atoms with Crippen molar-refractivity contribution < 1.29 is 5.11 Å². The van der Waals surface area contributed by atoms with Crippen LogP contribution in [0.3, 0.4) is 0 Å². The summed E-state index contributed by atoms with van der Waals surface area (Å²) in [6, 6.07) is 16.9. The molecule has 98 valence electrons. The van der Waals surface area contributed by atoms with Crippen molar-refractivity contribution in [1.82, 2.24) is 0 Å². The molecular formula is C16H17NOS. The maximum atomic E-state index is 9.40. The van der Waals surface area contributed by atoms with Crippen molar-refractivity contribution in [2.24, 2.45) is 0 Å². The third-order valence-electron chi connectivity index (χ3n) is 3.48. The van der Waals surface area contributed by atoms with Gasteiger partial charge in [0.25, 0.3) is 0 Å². The number of para-hydroxylation sites is 1. The standard InChI is InChI=1S/C16H17NOS/c18-11-12-5-1-3-7-14(12)17-15-9-10-19-16-8-4-2-6-13(15)16/h1-8,15,17-18H,9-11H2. The van der Waals surface area contributed by atoms with Gasteiger partial charge in [0.1, 0.15) is 0 Å². The van der Waals surface area contributed by atoms with E-state index in [9.17, 15) is 5.11 Å². The Bertz CT molecular complexity index is 570. The molecule has 0 aromatic heterocycles. The van der Waals surface area contributed by atoms with Crippen molar-refractivity contribution in [2.75, 3.05) is 11.1 Å². The molecule has 1 heterocycles. The summed E-state index contributed by atoms with van der Waals surface area (Å²) in [4.78, 5) is 1.37. The predicted molar refractivity (Wildman–Crippen MR) is 80.5 cm³/mol. The molecule has 0 saturated carbocycles. The monoisotopic (exact) mass is 271 g/mol. The van der Waals surface area contributed by atoms with Gasteiger partial charge in [-0.25, -0.2) is 0 Å². The van der Waals surface area contributed by atoms with Gasteiger partial charge in [0.2, 0.25) is 0 Å². The molecule has 0 fully saturated rings. The van der Waals surface area contributed by atoms with Crippen molar-refractivity contribution in [3.63, 3.8) is 0 Å². The van der Waals surface area contributed by atoms with E-state index in [4.69, 9.17) is 0 Å². The maximum Gasteiger partial charge on any atom is 0.0701 e. The molecule has 0 amide bonds. The normalized spacial score (nSPS) is 17.8. The van der Waals surface area contributed by atoms with E-state index in [-0.39, 0.29) is 6.61 Å². The topological polar surface area (TPSA) is 32.3 Å². The third kappa shape index (κ3) is 2.62. The second kappa shape index (κ2) is 5.68. The summed E-state index contributed by atoms with van der Waals surface area (Å²) in [5.74, 6) is 1.13. The Balaban J connectivity index is 1.88. The Morgan fingerprint density at radius 3 is 2.79 bits per heavy atom. The Morgan fingerprint density at radius 2 is 1.89 bits per heavy atom. The summed E-state index contributed by atoms with van der Waals surface area (Å²) in [5.41, 5.74) is 3.36. The van der Waals surface area contributed by atoms with Crippen molar-refractivity contribution in [3.8, 4) is 0 Å². The summed E-state index contributed by atoms with van der Waals surface area (Å²) >= 11 is 1.92. The molecule has 2 aromatic carbocycles. The molecule has 2 nitrogen and oxygen atoms in total. The fourth-order valence-electron chi connectivity index (χ4n) is 2.48. The van der Waals surface area contributed by atoms with Crippen LogP contribution in [0.5, 0.6) is 0 Å². The van der Waals surface area contributed by atoms with Gasteiger partial charge in [-0.1, -0.05) is 36.4 Å². The van der Waals surface area contributed by atoms with Crippen molar-refractivity contribution in [3.05, 3.63) is 59.7 Å². The van der Waals surface area contributed by atoms with Gasteiger partial charge in [-0.15, -0.1) is 11.8 Å². The molecule has 0 radical (unpaired) electrons. The van der Waals surface area contributed by atoms with E-state index in [0.29, 0.717) is 6.04 Å². The van der Waals surface area contributed by atoms with Gasteiger partial charge < -0.3 is 10.4 Å². The largest absolute Gasteiger partial charge is 0.392 e. The molecule has 1 aliphatic heterocycles. The minimum Gasteiger partial charge on any atom is -0.392 e. The molecule has 3 rings (SSSR count). The summed E-state index contributed by atoms with van der Waals surface area (Å²) in [6.07, 6.45) is 1.11. The molecule has 1 unspecified atom stereocenters. The van der Waals surface area contributed by atoms with Crippen LogP contribution in [-0.2, 0) is 6.61 Å². The molecule has 1 atom stereocenters. The van der Waals surface area contributed by atoms with Gasteiger partial charge in [0.15, 0.2) is 0 Å². The van der Waals surface area contributed by atoms with Crippen LogP contribution in [0.25, 0.3) is 0 Å². The number of rotatable bonds is 3. The van der Waals surface area contributed by atoms with E-state index in [0.717, 1.165) is 23.4 Å². The Hall–Kier alpha value is -1.45. The average molecular weight is 271 g/mol. The summed E-state index contributed by atoms with van der Waals surface area (Å²) in [6.45, 7) is 0.0757. The fourth-order valence-corrected chi connectivity index (χ4v) is 3.60. The number of aliphatic hydroxyl groups is 1. The zero-order chi connectivity index (χ0) is 13.1. The summed E-state index contributed by atoms with van der Waals surface area (Å²) < 4.78 is 0. The first-order valence-electron chi connectivity index (χ1n) is 6.55. The van der Waals surface area contributed by atoms with Gasteiger partial charge in [-0.2, -0.15) is 0 Å². The number of hydrogen-bond acceptors (Lipinski definition) is 3. The molecule has 0 saturated heterocycles. The highest BCUT2D eigenvalue weighted by Gasteiger charge is 2.20. The number of benzene rings is 2. The molecular weight excluding hydrogens is 254 g/mol. The molecule has 0 bridgehead atoms. The van der Waals surface area contributed by atoms with Crippen LogP contribution in [0, 0.1) is 0 Å². The summed E-state index contributed by atoms with van der Waals surface area (Å²) in [5, 5.41) is 13.0. The van der Waals surface area contributed by atoms with Gasteiger partial charge in [-0.05, 0) is 24.1 Å². The van der Waals surface area contributed by atoms with Crippen LogP contribution in [0.1, 0.15) is 23.6 Å². The first-order chi connectivity index (χ1) is 9.38. The van der Waals surface area contributed by atoms with Gasteiger partial charge in [0, 0.05) is 21.9 Å². The molecule has 1 aliphatic rings. The second-order valence-electron chi connectivity index (χ2n) is 4.69. The van der Waals surface area contributed by atoms with E-state index in [1.807, 2.05) is 36.0 Å². The molecule has 2 aromatic rings. The van der Waals surface area contributed by atoms with Crippen molar-refractivity contribution in [2.45, 2.75) is 24.0 Å². The lowest BCUT2D eigenvalue weighted by molar-refractivity contribution is 0.282. The van der Waals surface area contributed by atoms with E-state index in [1.165, 1.54) is 10.5 Å². The molecule has 0 aliphatic carbocycles. The van der Waals surface area contributed by atoms with Crippen LogP contribution in [-0.4, -0.2) is 10.9 Å². The van der Waals surface area contributed by atoms with Crippen molar-refractivity contribution >= 4 is 17.4 Å². The quantitative estimate of drug-likeness (QED) is 0.890. The maximum absolute atomic E-state index is 9.40. The first kappa shape index (κ1) is 12.6. The predicted octanol–water partition coefficient (Wildman–Crippen LogP) is 3.83. The lowest BCUT2D eigenvalue weighted by atomic mass is 10.0. The van der Waals surface area contributed by atoms with Crippen LogP contribution in [0.15, 0.2) is 53.4 Å². The van der Waals surface area contributed by atoms with E-state index < -0.39 is 0 Å². The van der Waals surface area contributed by atoms with Gasteiger partial charge >= 0.3 is 0 Å². The van der Waals surface area contributed by atoms with Crippen LogP contribution >= 0.6 is 11.8 Å².